The Balaban J connectivity index is 1.81. The molecular formula is C21H18N2O5S. The van der Waals surface area contributed by atoms with Crippen molar-refractivity contribution in [1.82, 2.24) is 0 Å². The average molecular weight is 410 g/mol. The summed E-state index contributed by atoms with van der Waals surface area (Å²) in [7, 11) is -3.79. The molecule has 8 heteroatoms. The molecule has 0 spiro atoms. The van der Waals surface area contributed by atoms with Gasteiger partial charge in [-0.3, -0.25) is 9.52 Å². The SMILES string of the molecule is Cc1ccc(C(=O)Nc2ccc(C(=O)O)cc2)cc1NS(=O)(=O)c1ccccc1. The number of hydrogen-bond donors (Lipinski definition) is 3. The highest BCUT2D eigenvalue weighted by Crippen LogP contribution is 2.22. The van der Waals surface area contributed by atoms with Crippen molar-refractivity contribution in [3.8, 4) is 0 Å². The maximum absolute atomic E-state index is 12.6. The summed E-state index contributed by atoms with van der Waals surface area (Å²) in [4.78, 5) is 23.5. The van der Waals surface area contributed by atoms with Gasteiger partial charge >= 0.3 is 5.97 Å². The fraction of sp³-hybridized carbons (Fsp3) is 0.0476. The van der Waals surface area contributed by atoms with Crippen LogP contribution in [0.25, 0.3) is 0 Å². The maximum atomic E-state index is 12.6. The van der Waals surface area contributed by atoms with Gasteiger partial charge in [-0.2, -0.15) is 0 Å². The summed E-state index contributed by atoms with van der Waals surface area (Å²) in [6.45, 7) is 1.73. The van der Waals surface area contributed by atoms with Crippen molar-refractivity contribution >= 4 is 33.3 Å². The number of carbonyl (C=O) groups is 2. The highest BCUT2D eigenvalue weighted by atomic mass is 32.2. The number of nitrogens with one attached hydrogen (secondary N) is 2. The number of carbonyl (C=O) groups excluding carboxylic acids is 1. The zero-order valence-electron chi connectivity index (χ0n) is 15.4. The second-order valence-electron chi connectivity index (χ2n) is 6.28. The predicted molar refractivity (Wildman–Crippen MR) is 110 cm³/mol. The van der Waals surface area contributed by atoms with Crippen molar-refractivity contribution in [3.05, 3.63) is 89.5 Å². The van der Waals surface area contributed by atoms with Crippen LogP contribution < -0.4 is 10.0 Å². The number of hydrogen-bond acceptors (Lipinski definition) is 4. The molecule has 1 amide bonds. The number of carboxylic acid groups (broad SMARTS) is 1. The lowest BCUT2D eigenvalue weighted by molar-refractivity contribution is 0.0696. The molecule has 0 aliphatic carbocycles. The molecule has 0 fully saturated rings. The molecule has 3 aromatic rings. The third kappa shape index (κ3) is 4.80. The number of rotatable bonds is 6. The van der Waals surface area contributed by atoms with Gasteiger partial charge in [-0.1, -0.05) is 24.3 Å². The Morgan fingerprint density at radius 1 is 0.862 bits per heavy atom. The lowest BCUT2D eigenvalue weighted by atomic mass is 10.1. The number of aryl methyl sites for hydroxylation is 1. The first-order chi connectivity index (χ1) is 13.8. The Morgan fingerprint density at radius 2 is 1.48 bits per heavy atom. The fourth-order valence-electron chi connectivity index (χ4n) is 2.58. The molecule has 3 aromatic carbocycles. The van der Waals surface area contributed by atoms with Crippen LogP contribution in [0.3, 0.4) is 0 Å². The molecule has 0 unspecified atom stereocenters. The van der Waals surface area contributed by atoms with Crippen LogP contribution in [0, 0.1) is 6.92 Å². The molecule has 0 bridgehead atoms. The molecule has 148 valence electrons. The molecule has 0 saturated carbocycles. The molecule has 0 radical (unpaired) electrons. The van der Waals surface area contributed by atoms with Gasteiger partial charge in [-0.15, -0.1) is 0 Å². The molecule has 0 aromatic heterocycles. The smallest absolute Gasteiger partial charge is 0.335 e. The van der Waals surface area contributed by atoms with Crippen LogP contribution in [0.1, 0.15) is 26.3 Å². The van der Waals surface area contributed by atoms with Crippen LogP contribution in [-0.4, -0.2) is 25.4 Å². The second-order valence-corrected chi connectivity index (χ2v) is 7.97. The van der Waals surface area contributed by atoms with E-state index in [0.29, 0.717) is 16.9 Å². The normalized spacial score (nSPS) is 10.9. The van der Waals surface area contributed by atoms with Gasteiger partial charge in [-0.25, -0.2) is 13.2 Å². The summed E-state index contributed by atoms with van der Waals surface area (Å²) in [5.41, 5.74) is 1.74. The largest absolute Gasteiger partial charge is 0.478 e. The first kappa shape index (κ1) is 20.1. The number of anilines is 2. The van der Waals surface area contributed by atoms with Gasteiger partial charge in [0, 0.05) is 11.3 Å². The van der Waals surface area contributed by atoms with E-state index >= 15 is 0 Å². The summed E-state index contributed by atoms with van der Waals surface area (Å²) in [6, 6.07) is 18.3. The Bertz CT molecular complexity index is 1160. The van der Waals surface area contributed by atoms with E-state index in [4.69, 9.17) is 5.11 Å². The number of sulfonamides is 1. The number of carboxylic acids is 1. The zero-order chi connectivity index (χ0) is 21.0. The maximum Gasteiger partial charge on any atom is 0.335 e. The van der Waals surface area contributed by atoms with Crippen molar-refractivity contribution in [3.63, 3.8) is 0 Å². The summed E-state index contributed by atoms with van der Waals surface area (Å²) >= 11 is 0. The molecule has 7 nitrogen and oxygen atoms in total. The van der Waals surface area contributed by atoms with Gasteiger partial charge in [0.15, 0.2) is 0 Å². The highest BCUT2D eigenvalue weighted by molar-refractivity contribution is 7.92. The number of aromatic carboxylic acids is 1. The monoisotopic (exact) mass is 410 g/mol. The van der Waals surface area contributed by atoms with E-state index in [-0.39, 0.29) is 16.0 Å². The van der Waals surface area contributed by atoms with Gasteiger partial charge in [0.25, 0.3) is 15.9 Å². The minimum absolute atomic E-state index is 0.107. The Morgan fingerprint density at radius 3 is 2.10 bits per heavy atom. The second kappa shape index (κ2) is 8.15. The fourth-order valence-corrected chi connectivity index (χ4v) is 3.72. The number of amides is 1. The van der Waals surface area contributed by atoms with Gasteiger partial charge in [0.05, 0.1) is 16.1 Å². The van der Waals surface area contributed by atoms with Crippen molar-refractivity contribution in [2.24, 2.45) is 0 Å². The van der Waals surface area contributed by atoms with Gasteiger partial charge in [-0.05, 0) is 61.0 Å². The van der Waals surface area contributed by atoms with Gasteiger partial charge in [0.2, 0.25) is 0 Å². The van der Waals surface area contributed by atoms with E-state index in [1.165, 1.54) is 42.5 Å². The summed E-state index contributed by atoms with van der Waals surface area (Å²) in [6.07, 6.45) is 0. The van der Waals surface area contributed by atoms with Gasteiger partial charge in [0.1, 0.15) is 0 Å². The standard InChI is InChI=1S/C21H18N2O5S/c1-14-7-8-16(20(24)22-17-11-9-15(10-12-17)21(25)26)13-19(14)23-29(27,28)18-5-3-2-4-6-18/h2-13,23H,1H3,(H,22,24)(H,25,26). The quantitative estimate of drug-likeness (QED) is 0.573. The van der Waals surface area contributed by atoms with Crippen LogP contribution >= 0.6 is 0 Å². The van der Waals surface area contributed by atoms with E-state index in [1.807, 2.05) is 0 Å². The van der Waals surface area contributed by atoms with E-state index < -0.39 is 21.9 Å². The van der Waals surface area contributed by atoms with E-state index in [1.54, 1.807) is 37.3 Å². The minimum Gasteiger partial charge on any atom is -0.478 e. The summed E-state index contributed by atoms with van der Waals surface area (Å²) in [5.74, 6) is -1.51. The molecule has 3 rings (SSSR count). The topological polar surface area (TPSA) is 113 Å². The summed E-state index contributed by atoms with van der Waals surface area (Å²) in [5, 5.41) is 11.6. The van der Waals surface area contributed by atoms with E-state index in [2.05, 4.69) is 10.0 Å². The van der Waals surface area contributed by atoms with Crippen molar-refractivity contribution in [1.29, 1.82) is 0 Å². The van der Waals surface area contributed by atoms with E-state index in [9.17, 15) is 18.0 Å². The average Bonchev–Trinajstić information content (AvgIpc) is 2.70. The highest BCUT2D eigenvalue weighted by Gasteiger charge is 2.16. The molecular weight excluding hydrogens is 392 g/mol. The first-order valence-electron chi connectivity index (χ1n) is 8.59. The molecule has 29 heavy (non-hydrogen) atoms. The molecule has 3 N–H and O–H groups in total. The minimum atomic E-state index is -3.79. The van der Waals surface area contributed by atoms with Crippen molar-refractivity contribution in [2.75, 3.05) is 10.0 Å². The van der Waals surface area contributed by atoms with Crippen LogP contribution in [0.4, 0.5) is 11.4 Å². The molecule has 0 heterocycles. The lowest BCUT2D eigenvalue weighted by Gasteiger charge is -2.12. The first-order valence-corrected chi connectivity index (χ1v) is 10.1. The zero-order valence-corrected chi connectivity index (χ0v) is 16.2. The summed E-state index contributed by atoms with van der Waals surface area (Å²) < 4.78 is 27.6. The van der Waals surface area contributed by atoms with Crippen LogP contribution in [-0.2, 0) is 10.0 Å². The van der Waals surface area contributed by atoms with E-state index in [0.717, 1.165) is 0 Å². The lowest BCUT2D eigenvalue weighted by Crippen LogP contribution is -2.16. The molecule has 0 aliphatic heterocycles. The van der Waals surface area contributed by atoms with Crippen LogP contribution in [0.2, 0.25) is 0 Å². The van der Waals surface area contributed by atoms with Crippen molar-refractivity contribution < 1.29 is 23.1 Å². The third-order valence-electron chi connectivity index (χ3n) is 4.19. The van der Waals surface area contributed by atoms with Crippen LogP contribution in [0.5, 0.6) is 0 Å². The molecule has 0 atom stereocenters. The Labute approximate surface area is 168 Å². The number of benzene rings is 3. The Hall–Kier alpha value is -3.65. The van der Waals surface area contributed by atoms with Crippen LogP contribution in [0.15, 0.2) is 77.7 Å². The molecule has 0 aliphatic rings. The Kier molecular flexibility index (Phi) is 5.65. The van der Waals surface area contributed by atoms with Gasteiger partial charge < -0.3 is 10.4 Å². The predicted octanol–water partition coefficient (Wildman–Crippen LogP) is 3.75. The molecule has 0 saturated heterocycles. The van der Waals surface area contributed by atoms with Crippen molar-refractivity contribution in [2.45, 2.75) is 11.8 Å². The third-order valence-corrected chi connectivity index (χ3v) is 5.57.